The molecule has 1 aliphatic rings. The van der Waals surface area contributed by atoms with E-state index in [1.54, 1.807) is 7.11 Å². The van der Waals surface area contributed by atoms with E-state index in [1.807, 2.05) is 0 Å². The van der Waals surface area contributed by atoms with Gasteiger partial charge in [-0.3, -0.25) is 0 Å². The van der Waals surface area contributed by atoms with Crippen LogP contribution >= 0.6 is 15.9 Å². The normalized spacial score (nSPS) is 18.0. The first kappa shape index (κ1) is 16.7. The van der Waals surface area contributed by atoms with Gasteiger partial charge in [0, 0.05) is 32.5 Å². The molecule has 0 spiro atoms. The van der Waals surface area contributed by atoms with Gasteiger partial charge in [0.2, 0.25) is 10.0 Å². The second-order valence-corrected chi connectivity index (χ2v) is 7.88. The molecule has 1 aromatic carbocycles. The Morgan fingerprint density at radius 3 is 2.62 bits per heavy atom. The Bertz CT molecular complexity index is 616. The molecule has 21 heavy (non-hydrogen) atoms. The van der Waals surface area contributed by atoms with Crippen LogP contribution in [0.1, 0.15) is 12.8 Å². The van der Waals surface area contributed by atoms with E-state index in [0.717, 1.165) is 6.07 Å². The highest BCUT2D eigenvalue weighted by Crippen LogP contribution is 2.30. The van der Waals surface area contributed by atoms with Crippen LogP contribution in [-0.4, -0.2) is 39.5 Å². The zero-order valence-corrected chi connectivity index (χ0v) is 14.1. The van der Waals surface area contributed by atoms with Gasteiger partial charge in [0.25, 0.3) is 0 Å². The summed E-state index contributed by atoms with van der Waals surface area (Å²) in [5.74, 6) is -0.456. The first-order valence-corrected chi connectivity index (χ1v) is 8.83. The molecule has 1 fully saturated rings. The quantitative estimate of drug-likeness (QED) is 0.812. The smallest absolute Gasteiger partial charge is 0.246 e. The van der Waals surface area contributed by atoms with E-state index < -0.39 is 15.8 Å². The van der Waals surface area contributed by atoms with Crippen LogP contribution in [0.3, 0.4) is 0 Å². The van der Waals surface area contributed by atoms with Crippen molar-refractivity contribution in [1.82, 2.24) is 4.31 Å². The molecule has 0 saturated carbocycles. The van der Waals surface area contributed by atoms with E-state index in [2.05, 4.69) is 15.9 Å². The predicted octanol–water partition coefficient (Wildman–Crippen LogP) is 2.22. The maximum absolute atomic E-state index is 14.1. The first-order valence-electron chi connectivity index (χ1n) is 6.60. The number of hydrogen-bond donors (Lipinski definition) is 1. The van der Waals surface area contributed by atoms with Crippen LogP contribution in [0.4, 0.5) is 10.1 Å². The molecule has 0 aromatic heterocycles. The van der Waals surface area contributed by atoms with E-state index in [1.165, 1.54) is 10.4 Å². The van der Waals surface area contributed by atoms with E-state index in [-0.39, 0.29) is 15.1 Å². The van der Waals surface area contributed by atoms with E-state index in [0.29, 0.717) is 38.5 Å². The van der Waals surface area contributed by atoms with Crippen molar-refractivity contribution in [2.45, 2.75) is 17.7 Å². The molecule has 0 bridgehead atoms. The number of ether oxygens (including phenoxy) is 1. The monoisotopic (exact) mass is 380 g/mol. The Hall–Kier alpha value is -0.700. The molecule has 0 aliphatic carbocycles. The van der Waals surface area contributed by atoms with E-state index in [9.17, 15) is 12.8 Å². The molecular formula is C13H18BrFN2O3S. The van der Waals surface area contributed by atoms with Crippen LogP contribution in [0.2, 0.25) is 0 Å². The van der Waals surface area contributed by atoms with Crippen LogP contribution in [-0.2, 0) is 14.8 Å². The predicted molar refractivity (Wildman–Crippen MR) is 81.9 cm³/mol. The van der Waals surface area contributed by atoms with Crippen molar-refractivity contribution < 1.29 is 17.5 Å². The molecule has 1 saturated heterocycles. The highest BCUT2D eigenvalue weighted by atomic mass is 79.9. The van der Waals surface area contributed by atoms with Gasteiger partial charge in [-0.1, -0.05) is 0 Å². The Morgan fingerprint density at radius 2 is 2.05 bits per heavy atom. The summed E-state index contributed by atoms with van der Waals surface area (Å²) in [6.07, 6.45) is 1.41. The second kappa shape index (κ2) is 6.60. The molecule has 2 rings (SSSR count). The molecule has 1 aliphatic heterocycles. The van der Waals surface area contributed by atoms with Crippen molar-refractivity contribution in [1.29, 1.82) is 0 Å². The van der Waals surface area contributed by atoms with E-state index >= 15 is 0 Å². The number of halogens is 2. The molecule has 0 radical (unpaired) electrons. The summed E-state index contributed by atoms with van der Waals surface area (Å²) in [6.45, 7) is 1.34. The fraction of sp³-hybridized carbons (Fsp3) is 0.538. The van der Waals surface area contributed by atoms with Crippen LogP contribution < -0.4 is 5.73 Å². The summed E-state index contributed by atoms with van der Waals surface area (Å²) in [7, 11) is -2.24. The van der Waals surface area contributed by atoms with E-state index in [4.69, 9.17) is 10.5 Å². The fourth-order valence-electron chi connectivity index (χ4n) is 2.46. The lowest BCUT2D eigenvalue weighted by Crippen LogP contribution is -2.39. The van der Waals surface area contributed by atoms with Gasteiger partial charge in [-0.25, -0.2) is 12.8 Å². The van der Waals surface area contributed by atoms with Crippen molar-refractivity contribution in [3.63, 3.8) is 0 Å². The van der Waals surface area contributed by atoms with Crippen LogP contribution in [0.5, 0.6) is 0 Å². The summed E-state index contributed by atoms with van der Waals surface area (Å²) in [5.41, 5.74) is 5.82. The lowest BCUT2D eigenvalue weighted by Gasteiger charge is -2.31. The van der Waals surface area contributed by atoms with Gasteiger partial charge in [-0.2, -0.15) is 4.31 Å². The third kappa shape index (κ3) is 3.56. The Morgan fingerprint density at radius 1 is 1.43 bits per heavy atom. The number of piperidine rings is 1. The molecular weight excluding hydrogens is 363 g/mol. The largest absolute Gasteiger partial charge is 0.399 e. The molecule has 1 aromatic rings. The maximum Gasteiger partial charge on any atom is 0.246 e. The number of nitrogen functional groups attached to an aromatic ring is 1. The maximum atomic E-state index is 14.1. The van der Waals surface area contributed by atoms with Crippen molar-refractivity contribution in [3.05, 3.63) is 22.4 Å². The van der Waals surface area contributed by atoms with Gasteiger partial charge < -0.3 is 10.5 Å². The van der Waals surface area contributed by atoms with Gasteiger partial charge in [-0.05, 0) is 46.8 Å². The molecule has 5 nitrogen and oxygen atoms in total. The highest BCUT2D eigenvalue weighted by molar-refractivity contribution is 9.10. The van der Waals surface area contributed by atoms with Gasteiger partial charge in [0.1, 0.15) is 4.90 Å². The molecule has 0 unspecified atom stereocenters. The van der Waals surface area contributed by atoms with Crippen LogP contribution in [0.15, 0.2) is 21.5 Å². The standard InChI is InChI=1S/C13H18BrFN2O3S/c1-20-8-9-2-4-17(5-3-9)21(18,19)12-7-10(16)6-11(14)13(12)15/h6-7,9H,2-5,8,16H2,1H3. The first-order chi connectivity index (χ1) is 9.86. The average molecular weight is 381 g/mol. The zero-order valence-electron chi connectivity index (χ0n) is 11.7. The lowest BCUT2D eigenvalue weighted by molar-refractivity contribution is 0.121. The third-order valence-corrected chi connectivity index (χ3v) is 6.09. The van der Waals surface area contributed by atoms with Crippen molar-refractivity contribution in [2.75, 3.05) is 32.5 Å². The number of sulfonamides is 1. The summed E-state index contributed by atoms with van der Waals surface area (Å²) in [5, 5.41) is 0. The second-order valence-electron chi connectivity index (χ2n) is 5.12. The van der Waals surface area contributed by atoms with Crippen LogP contribution in [0.25, 0.3) is 0 Å². The Kier molecular flexibility index (Phi) is 5.24. The van der Waals surface area contributed by atoms with Crippen molar-refractivity contribution in [2.24, 2.45) is 5.92 Å². The lowest BCUT2D eigenvalue weighted by atomic mass is 9.99. The minimum atomic E-state index is -3.87. The summed E-state index contributed by atoms with van der Waals surface area (Å²) in [4.78, 5) is -0.375. The Balaban J connectivity index is 2.24. The SMILES string of the molecule is COCC1CCN(S(=O)(=O)c2cc(N)cc(Br)c2F)CC1. The van der Waals surface area contributed by atoms with Crippen molar-refractivity contribution in [3.8, 4) is 0 Å². The van der Waals surface area contributed by atoms with Gasteiger partial charge in [-0.15, -0.1) is 0 Å². The summed E-state index contributed by atoms with van der Waals surface area (Å²) in [6, 6.07) is 2.51. The zero-order chi connectivity index (χ0) is 15.6. The Labute approximate surface area is 132 Å². The van der Waals surface area contributed by atoms with Crippen LogP contribution in [0, 0.1) is 11.7 Å². The summed E-state index contributed by atoms with van der Waals surface area (Å²) < 4.78 is 45.7. The van der Waals surface area contributed by atoms with Gasteiger partial charge >= 0.3 is 0 Å². The topological polar surface area (TPSA) is 72.6 Å². The molecule has 1 heterocycles. The summed E-state index contributed by atoms with van der Waals surface area (Å²) >= 11 is 2.99. The number of benzene rings is 1. The minimum absolute atomic E-state index is 0.0512. The molecule has 0 atom stereocenters. The highest BCUT2D eigenvalue weighted by Gasteiger charge is 2.32. The minimum Gasteiger partial charge on any atom is -0.399 e. The van der Waals surface area contributed by atoms with Gasteiger partial charge in [0.15, 0.2) is 5.82 Å². The third-order valence-electron chi connectivity index (χ3n) is 3.61. The number of nitrogens with two attached hydrogens (primary N) is 1. The number of nitrogens with zero attached hydrogens (tertiary/aromatic N) is 1. The fourth-order valence-corrected chi connectivity index (χ4v) is 4.66. The molecule has 8 heteroatoms. The number of anilines is 1. The van der Waals surface area contributed by atoms with Crippen molar-refractivity contribution >= 4 is 31.6 Å². The average Bonchev–Trinajstić information content (AvgIpc) is 2.43. The number of hydrogen-bond acceptors (Lipinski definition) is 4. The molecule has 118 valence electrons. The molecule has 2 N–H and O–H groups in total. The molecule has 0 amide bonds. The van der Waals surface area contributed by atoms with Gasteiger partial charge in [0.05, 0.1) is 4.47 Å². The number of methoxy groups -OCH3 is 1. The number of rotatable bonds is 4.